The smallest absolute Gasteiger partial charge is 0.303 e. The molecule has 4 aliphatic carbocycles. The number of aliphatic hydroxyl groups excluding tert-OH is 4. The fourth-order valence-corrected chi connectivity index (χ4v) is 8.74. The van der Waals surface area contributed by atoms with Crippen LogP contribution in [-0.4, -0.2) is 55.9 Å². The van der Waals surface area contributed by atoms with Gasteiger partial charge in [0, 0.05) is 6.42 Å². The molecular weight excluding hydrogens is 384 g/mol. The van der Waals surface area contributed by atoms with E-state index in [0.29, 0.717) is 25.7 Å². The molecule has 0 aromatic carbocycles. The van der Waals surface area contributed by atoms with Crippen molar-refractivity contribution in [2.24, 2.45) is 46.3 Å². The van der Waals surface area contributed by atoms with Crippen LogP contribution in [-0.2, 0) is 4.79 Å². The molecule has 4 fully saturated rings. The first-order valence-corrected chi connectivity index (χ1v) is 12.0. The summed E-state index contributed by atoms with van der Waals surface area (Å²) < 4.78 is 0. The maximum Gasteiger partial charge on any atom is 0.303 e. The molecule has 0 radical (unpaired) electrons. The molecule has 0 spiro atoms. The zero-order chi connectivity index (χ0) is 22.0. The third-order valence-electron chi connectivity index (χ3n) is 10.4. The van der Waals surface area contributed by atoms with E-state index in [1.54, 1.807) is 0 Å². The lowest BCUT2D eigenvalue weighted by molar-refractivity contribution is -0.228. The second kappa shape index (κ2) is 7.72. The SMILES string of the molecule is C[C@H](CCC(=O)O)[C@H]1CC[C@H]2[C@@H]3[C@H](O)C[C@@H]4[C@H](O)[C@H](O)CC[C@]4(C)[C@H]3C[C@H](O)[C@]12C. The van der Waals surface area contributed by atoms with Crippen molar-refractivity contribution in [3.8, 4) is 0 Å². The first kappa shape index (κ1) is 22.5. The Morgan fingerprint density at radius 2 is 1.67 bits per heavy atom. The Bertz CT molecular complexity index is 668. The third-order valence-corrected chi connectivity index (χ3v) is 10.4. The number of rotatable bonds is 4. The van der Waals surface area contributed by atoms with Crippen molar-refractivity contribution in [2.45, 2.75) is 96.6 Å². The first-order chi connectivity index (χ1) is 14.0. The molecule has 0 aromatic heterocycles. The van der Waals surface area contributed by atoms with E-state index in [0.717, 1.165) is 19.3 Å². The Hall–Kier alpha value is -0.690. The Morgan fingerprint density at radius 3 is 2.33 bits per heavy atom. The number of carboxylic acids is 1. The highest BCUT2D eigenvalue weighted by molar-refractivity contribution is 5.66. The molecule has 6 nitrogen and oxygen atoms in total. The van der Waals surface area contributed by atoms with Gasteiger partial charge in [0.25, 0.3) is 0 Å². The summed E-state index contributed by atoms with van der Waals surface area (Å²) in [7, 11) is 0. The molecule has 0 aliphatic heterocycles. The molecule has 0 aromatic rings. The summed E-state index contributed by atoms with van der Waals surface area (Å²) in [5.41, 5.74) is -0.492. The van der Waals surface area contributed by atoms with Crippen LogP contribution in [0.1, 0.15) is 72.1 Å². The van der Waals surface area contributed by atoms with Crippen LogP contribution in [0, 0.1) is 46.3 Å². The molecule has 0 unspecified atom stereocenters. The minimum atomic E-state index is -0.808. The summed E-state index contributed by atoms with van der Waals surface area (Å²) in [6.45, 7) is 6.50. The molecule has 12 atom stereocenters. The normalized spacial score (nSPS) is 54.0. The molecular formula is C24H40O6. The summed E-state index contributed by atoms with van der Waals surface area (Å²) >= 11 is 0. The minimum absolute atomic E-state index is 0.0961. The molecule has 0 heterocycles. The maximum atomic E-state index is 11.5. The highest BCUT2D eigenvalue weighted by Gasteiger charge is 2.66. The Labute approximate surface area is 179 Å². The number of aliphatic carboxylic acids is 1. The van der Waals surface area contributed by atoms with E-state index < -0.39 is 30.4 Å². The fourth-order valence-electron chi connectivity index (χ4n) is 8.74. The van der Waals surface area contributed by atoms with Crippen LogP contribution in [0.3, 0.4) is 0 Å². The molecule has 6 heteroatoms. The average Bonchev–Trinajstić information content (AvgIpc) is 3.04. The number of carboxylic acid groups (broad SMARTS) is 1. The minimum Gasteiger partial charge on any atom is -0.481 e. The topological polar surface area (TPSA) is 118 Å². The number of fused-ring (bicyclic) bond motifs is 5. The van der Waals surface area contributed by atoms with E-state index in [4.69, 9.17) is 5.11 Å². The van der Waals surface area contributed by atoms with Crippen LogP contribution in [0.25, 0.3) is 0 Å². The van der Waals surface area contributed by atoms with Gasteiger partial charge in [0.05, 0.1) is 24.4 Å². The van der Waals surface area contributed by atoms with E-state index >= 15 is 0 Å². The predicted molar refractivity (Wildman–Crippen MR) is 111 cm³/mol. The van der Waals surface area contributed by atoms with Crippen molar-refractivity contribution in [1.82, 2.24) is 0 Å². The predicted octanol–water partition coefficient (Wildman–Crippen LogP) is 2.42. The van der Waals surface area contributed by atoms with Crippen molar-refractivity contribution < 1.29 is 30.3 Å². The molecule has 30 heavy (non-hydrogen) atoms. The maximum absolute atomic E-state index is 11.5. The Balaban J connectivity index is 1.62. The van der Waals surface area contributed by atoms with E-state index in [-0.39, 0.29) is 52.8 Å². The van der Waals surface area contributed by atoms with Gasteiger partial charge in [-0.2, -0.15) is 0 Å². The largest absolute Gasteiger partial charge is 0.481 e. The highest BCUT2D eigenvalue weighted by Crippen LogP contribution is 2.68. The molecule has 4 rings (SSSR count). The zero-order valence-corrected chi connectivity index (χ0v) is 18.6. The van der Waals surface area contributed by atoms with Gasteiger partial charge < -0.3 is 25.5 Å². The van der Waals surface area contributed by atoms with Crippen molar-refractivity contribution in [1.29, 1.82) is 0 Å². The van der Waals surface area contributed by atoms with Gasteiger partial charge in [-0.3, -0.25) is 4.79 Å². The van der Waals surface area contributed by atoms with Crippen molar-refractivity contribution in [3.05, 3.63) is 0 Å². The van der Waals surface area contributed by atoms with Gasteiger partial charge in [-0.1, -0.05) is 20.8 Å². The zero-order valence-electron chi connectivity index (χ0n) is 18.6. The summed E-state index contributed by atoms with van der Waals surface area (Å²) in [5.74, 6) is 0.00666. The molecule has 0 bridgehead atoms. The quantitative estimate of drug-likeness (QED) is 0.473. The molecule has 4 aliphatic rings. The Kier molecular flexibility index (Phi) is 5.79. The van der Waals surface area contributed by atoms with E-state index in [2.05, 4.69) is 20.8 Å². The summed E-state index contributed by atoms with van der Waals surface area (Å²) in [6.07, 6.45) is 2.67. The van der Waals surface area contributed by atoms with Crippen molar-refractivity contribution in [3.63, 3.8) is 0 Å². The summed E-state index contributed by atoms with van der Waals surface area (Å²) in [5, 5.41) is 52.7. The van der Waals surface area contributed by atoms with Crippen LogP contribution in [0.2, 0.25) is 0 Å². The van der Waals surface area contributed by atoms with E-state index in [1.807, 2.05) is 0 Å². The van der Waals surface area contributed by atoms with Crippen LogP contribution in [0.5, 0.6) is 0 Å². The molecule has 4 saturated carbocycles. The van der Waals surface area contributed by atoms with Crippen molar-refractivity contribution >= 4 is 5.97 Å². The second-order valence-electron chi connectivity index (χ2n) is 11.5. The van der Waals surface area contributed by atoms with Crippen LogP contribution in [0.15, 0.2) is 0 Å². The average molecular weight is 425 g/mol. The van der Waals surface area contributed by atoms with Gasteiger partial charge in [0.2, 0.25) is 0 Å². The Morgan fingerprint density at radius 1 is 0.967 bits per heavy atom. The molecule has 0 amide bonds. The van der Waals surface area contributed by atoms with Crippen LogP contribution < -0.4 is 0 Å². The number of hydrogen-bond donors (Lipinski definition) is 5. The van der Waals surface area contributed by atoms with Crippen LogP contribution in [0.4, 0.5) is 0 Å². The lowest BCUT2D eigenvalue weighted by Gasteiger charge is -2.64. The third kappa shape index (κ3) is 3.16. The van der Waals surface area contributed by atoms with Gasteiger partial charge in [-0.05, 0) is 91.3 Å². The summed E-state index contributed by atoms with van der Waals surface area (Å²) in [4.78, 5) is 11.1. The van der Waals surface area contributed by atoms with Gasteiger partial charge in [0.1, 0.15) is 0 Å². The second-order valence-corrected chi connectivity index (χ2v) is 11.5. The lowest BCUT2D eigenvalue weighted by atomic mass is 9.42. The molecule has 0 saturated heterocycles. The van der Waals surface area contributed by atoms with Crippen LogP contribution >= 0.6 is 0 Å². The molecule has 172 valence electrons. The monoisotopic (exact) mass is 424 g/mol. The lowest BCUT2D eigenvalue weighted by Crippen LogP contribution is -2.64. The number of hydrogen-bond acceptors (Lipinski definition) is 5. The van der Waals surface area contributed by atoms with E-state index in [1.165, 1.54) is 0 Å². The highest BCUT2D eigenvalue weighted by atomic mass is 16.4. The van der Waals surface area contributed by atoms with Gasteiger partial charge >= 0.3 is 5.97 Å². The van der Waals surface area contributed by atoms with Gasteiger partial charge in [-0.25, -0.2) is 0 Å². The number of aliphatic hydroxyl groups is 4. The standard InChI is InChI=1S/C24H40O6/c1-12(4-7-20(28)29)13-5-6-14-21-15(11-19(27)24(13,14)3)23(2)9-8-17(25)22(30)16(23)10-18(21)26/h12-19,21-22,25-27,30H,4-11H2,1-3H3,(H,28,29)/t12-,13-,14+,15+,16-,17-,18-,19+,21+,22+,23-,24-/m1/s1. The van der Waals surface area contributed by atoms with Gasteiger partial charge in [0.15, 0.2) is 0 Å². The van der Waals surface area contributed by atoms with E-state index in [9.17, 15) is 25.2 Å². The molecule has 5 N–H and O–H groups in total. The first-order valence-electron chi connectivity index (χ1n) is 12.0. The van der Waals surface area contributed by atoms with Crippen molar-refractivity contribution in [2.75, 3.05) is 0 Å². The van der Waals surface area contributed by atoms with Gasteiger partial charge in [-0.15, -0.1) is 0 Å². The number of carbonyl (C=O) groups is 1. The fraction of sp³-hybridized carbons (Fsp3) is 0.958. The summed E-state index contributed by atoms with van der Waals surface area (Å²) in [6, 6.07) is 0.